The molecule has 0 aromatic heterocycles. The van der Waals surface area contributed by atoms with E-state index in [0.717, 1.165) is 18.4 Å². The summed E-state index contributed by atoms with van der Waals surface area (Å²) in [5.74, 6) is 0.710. The van der Waals surface area contributed by atoms with Crippen molar-refractivity contribution in [2.75, 3.05) is 25.9 Å². The van der Waals surface area contributed by atoms with Gasteiger partial charge in [-0.05, 0) is 18.9 Å². The number of benzene rings is 1. The normalized spacial score (nSPS) is 21.7. The van der Waals surface area contributed by atoms with Crippen LogP contribution in [0.25, 0.3) is 0 Å². The van der Waals surface area contributed by atoms with Crippen molar-refractivity contribution >= 4 is 17.5 Å². The fourth-order valence-corrected chi connectivity index (χ4v) is 3.10. The summed E-state index contributed by atoms with van der Waals surface area (Å²) in [6, 6.07) is 5.07. The number of rotatable bonds is 3. The van der Waals surface area contributed by atoms with Gasteiger partial charge in [0.15, 0.2) is 0 Å². The number of nitrogens with two attached hydrogens (primary N) is 1. The number of ether oxygens (including phenoxy) is 1. The number of hydrogen-bond acceptors (Lipinski definition) is 4. The fourth-order valence-electron chi connectivity index (χ4n) is 3.10. The summed E-state index contributed by atoms with van der Waals surface area (Å²) in [5, 5.41) is 0. The van der Waals surface area contributed by atoms with Gasteiger partial charge >= 0.3 is 0 Å². The Morgan fingerprint density at radius 1 is 1.38 bits per heavy atom. The molecule has 2 aliphatic heterocycles. The third-order valence-corrected chi connectivity index (χ3v) is 4.17. The average molecular weight is 289 g/mol. The van der Waals surface area contributed by atoms with Crippen LogP contribution in [-0.4, -0.2) is 47.9 Å². The third-order valence-electron chi connectivity index (χ3n) is 4.17. The zero-order valence-corrected chi connectivity index (χ0v) is 12.0. The Hall–Kier alpha value is -2.24. The first kappa shape index (κ1) is 13.7. The second kappa shape index (κ2) is 5.27. The molecule has 1 aromatic carbocycles. The first-order valence-corrected chi connectivity index (χ1v) is 7.11. The monoisotopic (exact) mass is 289 g/mol. The number of carbonyl (C=O) groups excluding carboxylic acids is 2. The molecule has 6 heteroatoms. The zero-order chi connectivity index (χ0) is 15.0. The van der Waals surface area contributed by atoms with Crippen LogP contribution in [0.5, 0.6) is 5.75 Å². The summed E-state index contributed by atoms with van der Waals surface area (Å²) in [5.41, 5.74) is 7.20. The number of piperazine rings is 1. The third kappa shape index (κ3) is 2.41. The predicted molar refractivity (Wildman–Crippen MR) is 77.6 cm³/mol. The predicted octanol–water partition coefficient (Wildman–Crippen LogP) is 0.611. The Bertz CT molecular complexity index is 588. The van der Waals surface area contributed by atoms with Crippen LogP contribution >= 0.6 is 0 Å². The molecule has 3 rings (SSSR count). The van der Waals surface area contributed by atoms with Gasteiger partial charge in [0, 0.05) is 30.4 Å². The molecule has 2 saturated heterocycles. The minimum absolute atomic E-state index is 0.0333. The number of hydrogen-bond donors (Lipinski definition) is 1. The number of nitrogens with zero attached hydrogens (tertiary/aromatic N) is 2. The van der Waals surface area contributed by atoms with Crippen LogP contribution in [0.2, 0.25) is 0 Å². The van der Waals surface area contributed by atoms with Crippen LogP contribution in [0.4, 0.5) is 5.69 Å². The van der Waals surface area contributed by atoms with E-state index in [2.05, 4.69) is 0 Å². The summed E-state index contributed by atoms with van der Waals surface area (Å²) < 4.78 is 5.30. The van der Waals surface area contributed by atoms with Gasteiger partial charge in [-0.3, -0.25) is 9.59 Å². The smallest absolute Gasteiger partial charge is 0.246 e. The van der Waals surface area contributed by atoms with Crippen molar-refractivity contribution in [1.29, 1.82) is 0 Å². The Morgan fingerprint density at radius 2 is 2.19 bits per heavy atom. The van der Waals surface area contributed by atoms with Crippen molar-refractivity contribution in [1.82, 2.24) is 9.80 Å². The van der Waals surface area contributed by atoms with Gasteiger partial charge in [0.2, 0.25) is 11.8 Å². The fraction of sp³-hybridized carbons (Fsp3) is 0.467. The van der Waals surface area contributed by atoms with Gasteiger partial charge in [-0.1, -0.05) is 6.07 Å². The summed E-state index contributed by atoms with van der Waals surface area (Å²) in [6.07, 6.45) is 1.67. The van der Waals surface area contributed by atoms with Gasteiger partial charge in [-0.2, -0.15) is 0 Å². The van der Waals surface area contributed by atoms with Crippen LogP contribution in [-0.2, 0) is 16.1 Å². The lowest BCUT2D eigenvalue weighted by atomic mass is 10.1. The molecule has 0 bridgehead atoms. The molecule has 0 radical (unpaired) electrons. The van der Waals surface area contributed by atoms with Gasteiger partial charge in [-0.15, -0.1) is 0 Å². The van der Waals surface area contributed by atoms with Crippen molar-refractivity contribution in [2.45, 2.75) is 25.4 Å². The summed E-state index contributed by atoms with van der Waals surface area (Å²) in [6.45, 7) is 1.22. The maximum absolute atomic E-state index is 12.5. The van der Waals surface area contributed by atoms with E-state index in [1.54, 1.807) is 29.0 Å². The lowest BCUT2D eigenvalue weighted by Gasteiger charge is -2.36. The van der Waals surface area contributed by atoms with E-state index in [9.17, 15) is 9.59 Å². The van der Waals surface area contributed by atoms with Gasteiger partial charge in [0.1, 0.15) is 18.3 Å². The molecule has 21 heavy (non-hydrogen) atoms. The molecule has 112 valence electrons. The van der Waals surface area contributed by atoms with Crippen molar-refractivity contribution in [3.05, 3.63) is 23.8 Å². The lowest BCUT2D eigenvalue weighted by Crippen LogP contribution is -2.56. The zero-order valence-electron chi connectivity index (χ0n) is 12.0. The summed E-state index contributed by atoms with van der Waals surface area (Å²) in [7, 11) is 1.57. The minimum Gasteiger partial charge on any atom is -0.496 e. The van der Waals surface area contributed by atoms with E-state index >= 15 is 0 Å². The van der Waals surface area contributed by atoms with Gasteiger partial charge in [-0.25, -0.2) is 0 Å². The highest BCUT2D eigenvalue weighted by Gasteiger charge is 2.41. The second-order valence-corrected chi connectivity index (χ2v) is 5.51. The topological polar surface area (TPSA) is 75.9 Å². The maximum atomic E-state index is 12.5. The molecule has 2 aliphatic rings. The van der Waals surface area contributed by atoms with Crippen LogP contribution < -0.4 is 10.5 Å². The molecule has 0 aliphatic carbocycles. The molecule has 0 spiro atoms. The standard InChI is InChI=1S/C15H19N3O3/c1-21-13-7-11(16)5-4-10(13)8-17-9-14(19)18-6-2-3-12(18)15(17)20/h4-5,7,12H,2-3,6,8-9,16H2,1H3. The van der Waals surface area contributed by atoms with E-state index in [-0.39, 0.29) is 24.4 Å². The Balaban J connectivity index is 1.81. The summed E-state index contributed by atoms with van der Waals surface area (Å²) >= 11 is 0. The second-order valence-electron chi connectivity index (χ2n) is 5.51. The molecule has 2 heterocycles. The van der Waals surface area contributed by atoms with Crippen LogP contribution in [0.15, 0.2) is 18.2 Å². The Morgan fingerprint density at radius 3 is 2.95 bits per heavy atom. The molecule has 2 amide bonds. The molecular formula is C15H19N3O3. The van der Waals surface area contributed by atoms with E-state index in [1.165, 1.54) is 0 Å². The quantitative estimate of drug-likeness (QED) is 0.827. The highest BCUT2D eigenvalue weighted by atomic mass is 16.5. The molecule has 0 saturated carbocycles. The average Bonchev–Trinajstić information content (AvgIpc) is 2.96. The highest BCUT2D eigenvalue weighted by molar-refractivity contribution is 5.95. The van der Waals surface area contributed by atoms with Crippen molar-refractivity contribution in [3.8, 4) is 5.75 Å². The van der Waals surface area contributed by atoms with Crippen LogP contribution in [0.3, 0.4) is 0 Å². The molecule has 2 fully saturated rings. The van der Waals surface area contributed by atoms with Gasteiger partial charge in [0.25, 0.3) is 0 Å². The van der Waals surface area contributed by atoms with Crippen LogP contribution in [0.1, 0.15) is 18.4 Å². The van der Waals surface area contributed by atoms with E-state index < -0.39 is 0 Å². The Labute approximate surface area is 123 Å². The van der Waals surface area contributed by atoms with Gasteiger partial charge in [0.05, 0.1) is 7.11 Å². The number of fused-ring (bicyclic) bond motifs is 1. The Kier molecular flexibility index (Phi) is 3.45. The number of nitrogen functional groups attached to an aromatic ring is 1. The molecule has 6 nitrogen and oxygen atoms in total. The number of amides is 2. The summed E-state index contributed by atoms with van der Waals surface area (Å²) in [4.78, 5) is 27.9. The van der Waals surface area contributed by atoms with Crippen molar-refractivity contribution < 1.29 is 14.3 Å². The first-order valence-electron chi connectivity index (χ1n) is 7.11. The molecule has 1 atom stereocenters. The van der Waals surface area contributed by atoms with Crippen LogP contribution in [0, 0.1) is 0 Å². The molecule has 2 N–H and O–H groups in total. The van der Waals surface area contributed by atoms with E-state index in [4.69, 9.17) is 10.5 Å². The first-order chi connectivity index (χ1) is 10.1. The SMILES string of the molecule is COc1cc(N)ccc1CN1CC(=O)N2CCCC2C1=O. The number of methoxy groups -OCH3 is 1. The molecule has 1 aromatic rings. The van der Waals surface area contributed by atoms with Crippen molar-refractivity contribution in [2.24, 2.45) is 0 Å². The lowest BCUT2D eigenvalue weighted by molar-refractivity contribution is -0.154. The minimum atomic E-state index is -0.272. The molecular weight excluding hydrogens is 270 g/mol. The van der Waals surface area contributed by atoms with Gasteiger partial charge < -0.3 is 20.3 Å². The molecule has 1 unspecified atom stereocenters. The number of carbonyl (C=O) groups is 2. The van der Waals surface area contributed by atoms with E-state index in [1.807, 2.05) is 6.07 Å². The van der Waals surface area contributed by atoms with Crippen molar-refractivity contribution in [3.63, 3.8) is 0 Å². The maximum Gasteiger partial charge on any atom is 0.246 e. The largest absolute Gasteiger partial charge is 0.496 e. The van der Waals surface area contributed by atoms with E-state index in [0.29, 0.717) is 24.5 Å². The highest BCUT2D eigenvalue weighted by Crippen LogP contribution is 2.27. The number of anilines is 1.